The first-order valence-electron chi connectivity index (χ1n) is 11.1. The number of anilines is 1. The number of aryl methyl sites for hydroxylation is 1. The fraction of sp³-hybridized carbons (Fsp3) is 0.154. The number of Topliss-reactive ketones (excluding diaryl/α,β-unsaturated/α-hetero) is 1. The highest BCUT2D eigenvalue weighted by molar-refractivity contribution is 8.00. The second kappa shape index (κ2) is 10.3. The number of benzene rings is 2. The Labute approximate surface area is 220 Å². The highest BCUT2D eigenvalue weighted by Crippen LogP contribution is 2.44. The third kappa shape index (κ3) is 4.57. The van der Waals surface area contributed by atoms with E-state index in [0.29, 0.717) is 20.7 Å². The molecule has 4 aromatic rings. The van der Waals surface area contributed by atoms with E-state index in [1.165, 1.54) is 40.3 Å². The second-order valence-corrected chi connectivity index (χ2v) is 10.6. The van der Waals surface area contributed by atoms with Crippen molar-refractivity contribution in [2.24, 2.45) is 0 Å². The van der Waals surface area contributed by atoms with E-state index in [-0.39, 0.29) is 16.5 Å². The molecule has 1 aliphatic rings. The molecule has 2 aromatic heterocycles. The molecule has 36 heavy (non-hydrogen) atoms. The summed E-state index contributed by atoms with van der Waals surface area (Å²) >= 11 is 8.91. The largest absolute Gasteiger partial charge is 0.503 e. The van der Waals surface area contributed by atoms with Gasteiger partial charge in [0.1, 0.15) is 0 Å². The van der Waals surface area contributed by atoms with E-state index in [9.17, 15) is 14.7 Å². The van der Waals surface area contributed by atoms with Crippen LogP contribution in [0.5, 0.6) is 0 Å². The van der Waals surface area contributed by atoms with Gasteiger partial charge in [-0.15, -0.1) is 10.2 Å². The van der Waals surface area contributed by atoms with Crippen LogP contribution in [0, 0.1) is 0 Å². The maximum atomic E-state index is 13.3. The molecule has 2 aromatic carbocycles. The molecule has 1 amide bonds. The fourth-order valence-corrected chi connectivity index (χ4v) is 6.09. The highest BCUT2D eigenvalue weighted by Gasteiger charge is 2.46. The van der Waals surface area contributed by atoms with Gasteiger partial charge in [-0.2, -0.15) is 0 Å². The Morgan fingerprint density at radius 3 is 2.61 bits per heavy atom. The molecule has 7 nitrogen and oxygen atoms in total. The first-order chi connectivity index (χ1) is 17.5. The number of thioether (sulfide) groups is 1. The molecule has 0 radical (unpaired) electrons. The van der Waals surface area contributed by atoms with E-state index in [2.05, 4.69) is 10.2 Å². The van der Waals surface area contributed by atoms with E-state index in [1.54, 1.807) is 6.07 Å². The van der Waals surface area contributed by atoms with Gasteiger partial charge < -0.3 is 9.52 Å². The van der Waals surface area contributed by atoms with E-state index in [4.69, 9.17) is 16.0 Å². The van der Waals surface area contributed by atoms with Crippen LogP contribution in [0.4, 0.5) is 5.13 Å². The number of carbonyl (C=O) groups excluding carboxylic acids is 2. The molecule has 182 valence electrons. The van der Waals surface area contributed by atoms with Gasteiger partial charge in [0.05, 0.1) is 17.9 Å². The number of furan rings is 1. The third-order valence-corrected chi connectivity index (χ3v) is 8.29. The predicted octanol–water partition coefficient (Wildman–Crippen LogP) is 6.42. The van der Waals surface area contributed by atoms with Crippen molar-refractivity contribution in [3.63, 3.8) is 0 Å². The van der Waals surface area contributed by atoms with Crippen LogP contribution in [-0.4, -0.2) is 27.0 Å². The number of hydrogen-bond donors (Lipinski definition) is 1. The molecular formula is C26H20ClN3O4S2. The third-order valence-electron chi connectivity index (χ3n) is 5.81. The topological polar surface area (TPSA) is 96.5 Å². The molecule has 3 heterocycles. The predicted molar refractivity (Wildman–Crippen MR) is 140 cm³/mol. The number of ketones is 1. The van der Waals surface area contributed by atoms with Gasteiger partial charge in [0, 0.05) is 10.8 Å². The highest BCUT2D eigenvalue weighted by atomic mass is 35.5. The van der Waals surface area contributed by atoms with Crippen molar-refractivity contribution in [3.8, 4) is 0 Å². The summed E-state index contributed by atoms with van der Waals surface area (Å²) in [4.78, 5) is 27.9. The zero-order valence-corrected chi connectivity index (χ0v) is 21.4. The van der Waals surface area contributed by atoms with Gasteiger partial charge in [0.25, 0.3) is 5.91 Å². The summed E-state index contributed by atoms with van der Waals surface area (Å²) in [5.41, 5.74) is 2.67. The van der Waals surface area contributed by atoms with Crippen molar-refractivity contribution in [2.75, 3.05) is 4.90 Å². The SMILES string of the molecule is CCc1ccc(C2C(C(=O)c3ccco3)=C(O)C(=O)N2c2nnc(SCc3ccccc3Cl)s2)cc1. The first kappa shape index (κ1) is 24.3. The van der Waals surface area contributed by atoms with Crippen molar-refractivity contribution in [2.45, 2.75) is 29.5 Å². The van der Waals surface area contributed by atoms with Crippen LogP contribution in [0.3, 0.4) is 0 Å². The maximum Gasteiger partial charge on any atom is 0.296 e. The fourth-order valence-electron chi connectivity index (χ4n) is 3.94. The number of hydrogen-bond acceptors (Lipinski definition) is 8. The van der Waals surface area contributed by atoms with Crippen molar-refractivity contribution >= 4 is 51.5 Å². The molecule has 1 aliphatic heterocycles. The summed E-state index contributed by atoms with van der Waals surface area (Å²) in [6, 6.07) is 17.3. The van der Waals surface area contributed by atoms with Crippen molar-refractivity contribution in [1.29, 1.82) is 0 Å². The second-order valence-electron chi connectivity index (χ2n) is 7.97. The molecule has 0 fully saturated rings. The number of amides is 1. The van der Waals surface area contributed by atoms with E-state index in [0.717, 1.165) is 17.5 Å². The zero-order valence-electron chi connectivity index (χ0n) is 19.1. The van der Waals surface area contributed by atoms with Crippen LogP contribution in [0.1, 0.15) is 40.2 Å². The monoisotopic (exact) mass is 537 g/mol. The van der Waals surface area contributed by atoms with Gasteiger partial charge in [0.15, 0.2) is 15.9 Å². The summed E-state index contributed by atoms with van der Waals surface area (Å²) in [6.07, 6.45) is 2.22. The molecule has 10 heteroatoms. The van der Waals surface area contributed by atoms with Gasteiger partial charge in [-0.05, 0) is 41.3 Å². The number of rotatable bonds is 8. The molecule has 0 aliphatic carbocycles. The number of nitrogens with zero attached hydrogens (tertiary/aromatic N) is 3. The van der Waals surface area contributed by atoms with Crippen LogP contribution >= 0.6 is 34.7 Å². The Morgan fingerprint density at radius 1 is 1.14 bits per heavy atom. The van der Waals surface area contributed by atoms with Gasteiger partial charge in [-0.3, -0.25) is 14.5 Å². The number of carbonyl (C=O) groups is 2. The van der Waals surface area contributed by atoms with Crippen molar-refractivity contribution in [3.05, 3.63) is 106 Å². The first-order valence-corrected chi connectivity index (χ1v) is 13.3. The summed E-state index contributed by atoms with van der Waals surface area (Å²) < 4.78 is 5.90. The molecular weight excluding hydrogens is 518 g/mol. The number of aliphatic hydroxyl groups is 1. The lowest BCUT2D eigenvalue weighted by atomic mass is 9.94. The lowest BCUT2D eigenvalue weighted by molar-refractivity contribution is -0.117. The lowest BCUT2D eigenvalue weighted by Gasteiger charge is -2.24. The van der Waals surface area contributed by atoms with Gasteiger partial charge in [-0.25, -0.2) is 0 Å². The lowest BCUT2D eigenvalue weighted by Crippen LogP contribution is -2.31. The van der Waals surface area contributed by atoms with Crippen LogP contribution in [0.2, 0.25) is 5.02 Å². The molecule has 1 unspecified atom stereocenters. The van der Waals surface area contributed by atoms with Crippen LogP contribution in [0.15, 0.2) is 87.0 Å². The maximum absolute atomic E-state index is 13.3. The molecule has 0 saturated carbocycles. The molecule has 1 N–H and O–H groups in total. The summed E-state index contributed by atoms with van der Waals surface area (Å²) in [7, 11) is 0. The minimum absolute atomic E-state index is 0.0367. The number of aromatic nitrogens is 2. The van der Waals surface area contributed by atoms with E-state index in [1.807, 2.05) is 55.5 Å². The Morgan fingerprint density at radius 2 is 1.92 bits per heavy atom. The Balaban J connectivity index is 1.49. The van der Waals surface area contributed by atoms with Gasteiger partial charge >= 0.3 is 0 Å². The minimum Gasteiger partial charge on any atom is -0.503 e. The average molecular weight is 538 g/mol. The molecule has 5 rings (SSSR count). The van der Waals surface area contributed by atoms with E-state index >= 15 is 0 Å². The molecule has 0 spiro atoms. The Kier molecular flexibility index (Phi) is 6.95. The van der Waals surface area contributed by atoms with Crippen LogP contribution < -0.4 is 4.90 Å². The molecule has 1 atom stereocenters. The minimum atomic E-state index is -0.879. The molecule has 0 bridgehead atoms. The Bertz CT molecular complexity index is 1450. The van der Waals surface area contributed by atoms with Gasteiger partial charge in [-0.1, -0.05) is 84.1 Å². The summed E-state index contributed by atoms with van der Waals surface area (Å²) in [5, 5.41) is 20.2. The summed E-state index contributed by atoms with van der Waals surface area (Å²) in [6.45, 7) is 2.04. The van der Waals surface area contributed by atoms with E-state index < -0.39 is 23.5 Å². The van der Waals surface area contributed by atoms with Gasteiger partial charge in [0.2, 0.25) is 10.9 Å². The number of aliphatic hydroxyl groups excluding tert-OH is 1. The smallest absolute Gasteiger partial charge is 0.296 e. The summed E-state index contributed by atoms with van der Waals surface area (Å²) in [5.74, 6) is -1.28. The molecule has 0 saturated heterocycles. The van der Waals surface area contributed by atoms with Crippen LogP contribution in [0.25, 0.3) is 0 Å². The standard InChI is InChI=1S/C26H20ClN3O4S2/c1-2-15-9-11-16(12-10-15)21-20(22(31)19-8-5-13-34-19)23(32)24(33)30(21)25-28-29-26(36-25)35-14-17-6-3-4-7-18(17)27/h3-13,21,32H,2,14H2,1H3. The average Bonchev–Trinajstić information content (AvgIpc) is 3.64. The zero-order chi connectivity index (χ0) is 25.2. The van der Waals surface area contributed by atoms with Crippen molar-refractivity contribution < 1.29 is 19.1 Å². The number of halogens is 1. The quantitative estimate of drug-likeness (QED) is 0.157. The normalized spacial score (nSPS) is 15.7. The Hall–Kier alpha value is -3.40. The van der Waals surface area contributed by atoms with Crippen molar-refractivity contribution in [1.82, 2.24) is 10.2 Å². The van der Waals surface area contributed by atoms with Crippen LogP contribution in [-0.2, 0) is 17.0 Å².